The number of hydrogen-bond donors (Lipinski definition) is 1. The average Bonchev–Trinajstić information content (AvgIpc) is 2.79. The zero-order chi connectivity index (χ0) is 23.7. The molecule has 0 aromatic heterocycles. The number of halogens is 2. The molecule has 6 nitrogen and oxygen atoms in total. The molecule has 2 atom stereocenters. The van der Waals surface area contributed by atoms with Crippen LogP contribution >= 0.6 is 23.2 Å². The molecule has 2 amide bonds. The van der Waals surface area contributed by atoms with Crippen LogP contribution in [0.25, 0.3) is 0 Å². The van der Waals surface area contributed by atoms with Crippen LogP contribution in [0.1, 0.15) is 39.2 Å². The molecule has 2 aromatic rings. The summed E-state index contributed by atoms with van der Waals surface area (Å²) < 4.78 is 11.0. The number of benzene rings is 2. The minimum absolute atomic E-state index is 0.0118. The van der Waals surface area contributed by atoms with E-state index in [9.17, 15) is 9.59 Å². The van der Waals surface area contributed by atoms with Crippen molar-refractivity contribution in [3.05, 3.63) is 58.1 Å². The Kier molecular flexibility index (Phi) is 10.1. The molecule has 32 heavy (non-hydrogen) atoms. The number of carbonyl (C=O) groups is 2. The van der Waals surface area contributed by atoms with Crippen molar-refractivity contribution in [1.29, 1.82) is 0 Å². The van der Waals surface area contributed by atoms with Gasteiger partial charge in [-0.05, 0) is 44.0 Å². The zero-order valence-electron chi connectivity index (χ0n) is 18.9. The lowest BCUT2D eigenvalue weighted by molar-refractivity contribution is -0.143. The maximum Gasteiger partial charge on any atom is 0.261 e. The van der Waals surface area contributed by atoms with Crippen LogP contribution in [0.5, 0.6) is 11.5 Å². The molecule has 0 fully saturated rings. The second-order valence-corrected chi connectivity index (χ2v) is 8.22. The van der Waals surface area contributed by atoms with Gasteiger partial charge in [-0.25, -0.2) is 0 Å². The first kappa shape index (κ1) is 25.8. The summed E-state index contributed by atoms with van der Waals surface area (Å²) in [6, 6.07) is 11.5. The Hall–Kier alpha value is -2.44. The standard InChI is InChI=1S/C24H30Cl2N2O4/c1-5-16(3)27-24(30)20(6-2)28(14-17-18(25)10-9-11-19(17)26)23(29)15-32-22-13-8-7-12-21(22)31-4/h7-13,16,20H,5-6,14-15H2,1-4H3,(H,27,30)/t16-,20+/m0/s1. The van der Waals surface area contributed by atoms with Crippen LogP contribution in [-0.2, 0) is 16.1 Å². The van der Waals surface area contributed by atoms with E-state index in [0.717, 1.165) is 6.42 Å². The van der Waals surface area contributed by atoms with Gasteiger partial charge < -0.3 is 19.7 Å². The minimum Gasteiger partial charge on any atom is -0.493 e. The van der Waals surface area contributed by atoms with Gasteiger partial charge in [0.25, 0.3) is 5.91 Å². The Morgan fingerprint density at radius 2 is 1.62 bits per heavy atom. The van der Waals surface area contributed by atoms with Gasteiger partial charge in [-0.3, -0.25) is 9.59 Å². The van der Waals surface area contributed by atoms with Crippen molar-refractivity contribution in [3.63, 3.8) is 0 Å². The van der Waals surface area contributed by atoms with E-state index in [1.165, 1.54) is 12.0 Å². The molecule has 2 aromatic carbocycles. The third-order valence-corrected chi connectivity index (χ3v) is 5.91. The molecular weight excluding hydrogens is 451 g/mol. The lowest BCUT2D eigenvalue weighted by atomic mass is 10.1. The van der Waals surface area contributed by atoms with E-state index in [1.54, 1.807) is 36.4 Å². The van der Waals surface area contributed by atoms with E-state index in [-0.39, 0.29) is 31.0 Å². The molecular formula is C24H30Cl2N2O4. The Labute approximate surface area is 199 Å². The van der Waals surface area contributed by atoms with Crippen LogP contribution in [0.3, 0.4) is 0 Å². The molecule has 0 spiro atoms. The summed E-state index contributed by atoms with van der Waals surface area (Å²) in [6.07, 6.45) is 1.20. The Morgan fingerprint density at radius 3 is 2.19 bits per heavy atom. The topological polar surface area (TPSA) is 67.9 Å². The van der Waals surface area contributed by atoms with E-state index >= 15 is 0 Å². The van der Waals surface area contributed by atoms with E-state index in [2.05, 4.69) is 5.32 Å². The van der Waals surface area contributed by atoms with Gasteiger partial charge in [0.1, 0.15) is 6.04 Å². The maximum atomic E-state index is 13.3. The fraction of sp³-hybridized carbons (Fsp3) is 0.417. The number of amides is 2. The van der Waals surface area contributed by atoms with E-state index in [1.807, 2.05) is 26.8 Å². The number of ether oxygens (including phenoxy) is 2. The summed E-state index contributed by atoms with van der Waals surface area (Å²) in [5.41, 5.74) is 0.580. The van der Waals surface area contributed by atoms with Gasteiger partial charge in [-0.1, -0.05) is 55.2 Å². The van der Waals surface area contributed by atoms with Crippen molar-refractivity contribution in [2.75, 3.05) is 13.7 Å². The first-order valence-corrected chi connectivity index (χ1v) is 11.4. The maximum absolute atomic E-state index is 13.3. The zero-order valence-corrected chi connectivity index (χ0v) is 20.4. The van der Waals surface area contributed by atoms with Crippen LogP contribution in [0.2, 0.25) is 10.0 Å². The van der Waals surface area contributed by atoms with Crippen molar-refractivity contribution >= 4 is 35.0 Å². The van der Waals surface area contributed by atoms with Crippen LogP contribution in [0, 0.1) is 0 Å². The number of para-hydroxylation sites is 2. The van der Waals surface area contributed by atoms with Gasteiger partial charge in [0, 0.05) is 28.2 Å². The molecule has 0 aliphatic carbocycles. The van der Waals surface area contributed by atoms with Crippen LogP contribution in [-0.4, -0.2) is 42.5 Å². The number of hydrogen-bond acceptors (Lipinski definition) is 4. The second kappa shape index (κ2) is 12.6. The van der Waals surface area contributed by atoms with E-state index < -0.39 is 6.04 Å². The fourth-order valence-corrected chi connectivity index (χ4v) is 3.69. The van der Waals surface area contributed by atoms with Gasteiger partial charge >= 0.3 is 0 Å². The molecule has 0 saturated carbocycles. The molecule has 2 rings (SSSR count). The summed E-state index contributed by atoms with van der Waals surface area (Å²) in [6.45, 7) is 5.58. The molecule has 0 bridgehead atoms. The minimum atomic E-state index is -0.704. The van der Waals surface area contributed by atoms with Gasteiger partial charge in [-0.15, -0.1) is 0 Å². The summed E-state index contributed by atoms with van der Waals surface area (Å²) >= 11 is 12.7. The number of rotatable bonds is 11. The predicted octanol–water partition coefficient (Wildman–Crippen LogP) is 5.10. The van der Waals surface area contributed by atoms with Gasteiger partial charge in [0.05, 0.1) is 7.11 Å². The Balaban J connectivity index is 2.31. The van der Waals surface area contributed by atoms with Crippen molar-refractivity contribution in [3.8, 4) is 11.5 Å². The monoisotopic (exact) mass is 480 g/mol. The highest BCUT2D eigenvalue weighted by molar-refractivity contribution is 6.36. The van der Waals surface area contributed by atoms with Crippen LogP contribution < -0.4 is 14.8 Å². The quantitative estimate of drug-likeness (QED) is 0.485. The lowest BCUT2D eigenvalue weighted by Crippen LogP contribution is -2.51. The molecule has 0 heterocycles. The Morgan fingerprint density at radius 1 is 1.00 bits per heavy atom. The van der Waals surface area contributed by atoms with Gasteiger partial charge in [-0.2, -0.15) is 0 Å². The summed E-state index contributed by atoms with van der Waals surface area (Å²) in [5, 5.41) is 3.82. The highest BCUT2D eigenvalue weighted by atomic mass is 35.5. The number of carbonyl (C=O) groups excluding carboxylic acids is 2. The van der Waals surface area contributed by atoms with Crippen molar-refractivity contribution < 1.29 is 19.1 Å². The van der Waals surface area contributed by atoms with Crippen molar-refractivity contribution in [2.24, 2.45) is 0 Å². The second-order valence-electron chi connectivity index (χ2n) is 7.40. The normalized spacial score (nSPS) is 12.6. The fourth-order valence-electron chi connectivity index (χ4n) is 3.17. The van der Waals surface area contributed by atoms with E-state index in [0.29, 0.717) is 33.5 Å². The SMILES string of the molecule is CC[C@H](C(=O)N[C@@H](C)CC)N(Cc1c(Cl)cccc1Cl)C(=O)COc1ccccc1OC. The third kappa shape index (κ3) is 6.78. The van der Waals surface area contributed by atoms with Crippen LogP contribution in [0.4, 0.5) is 0 Å². The highest BCUT2D eigenvalue weighted by Crippen LogP contribution is 2.28. The van der Waals surface area contributed by atoms with Crippen molar-refractivity contribution in [2.45, 2.75) is 52.2 Å². The van der Waals surface area contributed by atoms with Crippen LogP contribution in [0.15, 0.2) is 42.5 Å². The third-order valence-electron chi connectivity index (χ3n) is 5.20. The summed E-state index contributed by atoms with van der Waals surface area (Å²) in [4.78, 5) is 27.8. The molecule has 1 N–H and O–H groups in total. The van der Waals surface area contributed by atoms with E-state index in [4.69, 9.17) is 32.7 Å². The average molecular weight is 481 g/mol. The lowest BCUT2D eigenvalue weighted by Gasteiger charge is -2.32. The molecule has 0 aliphatic rings. The number of methoxy groups -OCH3 is 1. The highest BCUT2D eigenvalue weighted by Gasteiger charge is 2.30. The largest absolute Gasteiger partial charge is 0.493 e. The molecule has 0 radical (unpaired) electrons. The molecule has 174 valence electrons. The molecule has 0 unspecified atom stereocenters. The van der Waals surface area contributed by atoms with Gasteiger partial charge in [0.15, 0.2) is 18.1 Å². The predicted molar refractivity (Wildman–Crippen MR) is 127 cm³/mol. The number of nitrogens with zero attached hydrogens (tertiary/aromatic N) is 1. The van der Waals surface area contributed by atoms with Crippen molar-refractivity contribution in [1.82, 2.24) is 10.2 Å². The first-order valence-electron chi connectivity index (χ1n) is 10.6. The summed E-state index contributed by atoms with van der Waals surface area (Å²) in [7, 11) is 1.53. The molecule has 8 heteroatoms. The number of nitrogens with one attached hydrogen (secondary N) is 1. The Bertz CT molecular complexity index is 902. The molecule has 0 aliphatic heterocycles. The molecule has 0 saturated heterocycles. The first-order chi connectivity index (χ1) is 15.3. The smallest absolute Gasteiger partial charge is 0.261 e. The van der Waals surface area contributed by atoms with Gasteiger partial charge in [0.2, 0.25) is 5.91 Å². The summed E-state index contributed by atoms with van der Waals surface area (Å²) in [5.74, 6) is 0.368.